The van der Waals surface area contributed by atoms with Gasteiger partial charge in [0.1, 0.15) is 12.0 Å². The number of amides is 2. The molecule has 2 amide bonds. The van der Waals surface area contributed by atoms with E-state index in [0.717, 1.165) is 21.2 Å². The highest BCUT2D eigenvalue weighted by atomic mass is 79.9. The molecule has 7 nitrogen and oxygen atoms in total. The van der Waals surface area contributed by atoms with Crippen molar-refractivity contribution in [1.82, 2.24) is 25.4 Å². The van der Waals surface area contributed by atoms with Gasteiger partial charge in [-0.1, -0.05) is 12.1 Å². The molecule has 0 aliphatic carbocycles. The fraction of sp³-hybridized carbons (Fsp3) is 0. The summed E-state index contributed by atoms with van der Waals surface area (Å²) in [6.07, 6.45) is 3.38. The molecule has 27 heavy (non-hydrogen) atoms. The summed E-state index contributed by atoms with van der Waals surface area (Å²) in [4.78, 5) is 31.3. The first-order valence-corrected chi connectivity index (χ1v) is 8.88. The van der Waals surface area contributed by atoms with Crippen LogP contribution < -0.4 is 10.9 Å². The maximum Gasteiger partial charge on any atom is 0.286 e. The van der Waals surface area contributed by atoms with E-state index in [9.17, 15) is 9.59 Å². The second-order valence-corrected chi connectivity index (χ2v) is 6.71. The lowest BCUT2D eigenvalue weighted by atomic mass is 10.2. The first kappa shape index (κ1) is 17.0. The number of imidazole rings is 1. The Labute approximate surface area is 162 Å². The molecule has 0 fully saturated rings. The van der Waals surface area contributed by atoms with E-state index >= 15 is 0 Å². The van der Waals surface area contributed by atoms with Gasteiger partial charge in [-0.2, -0.15) is 0 Å². The van der Waals surface area contributed by atoms with E-state index in [4.69, 9.17) is 0 Å². The average molecular weight is 424 g/mol. The van der Waals surface area contributed by atoms with Gasteiger partial charge in [-0.25, -0.2) is 4.98 Å². The van der Waals surface area contributed by atoms with Crippen molar-refractivity contribution in [2.45, 2.75) is 0 Å². The van der Waals surface area contributed by atoms with Crippen LogP contribution in [0.15, 0.2) is 71.6 Å². The van der Waals surface area contributed by atoms with Gasteiger partial charge in [-0.3, -0.25) is 25.0 Å². The number of carbonyl (C=O) groups excluding carboxylic acids is 2. The van der Waals surface area contributed by atoms with Gasteiger partial charge in [-0.15, -0.1) is 0 Å². The molecule has 0 unspecified atom stereocenters. The normalized spacial score (nSPS) is 10.7. The number of aromatic nitrogens is 3. The number of halogens is 1. The van der Waals surface area contributed by atoms with Crippen LogP contribution in [0.4, 0.5) is 0 Å². The quantitative estimate of drug-likeness (QED) is 0.441. The molecule has 4 aromatic rings. The molecule has 0 saturated carbocycles. The maximum absolute atomic E-state index is 12.2. The molecule has 2 aromatic carbocycles. The molecular weight excluding hydrogens is 410 g/mol. The predicted octanol–water partition coefficient (Wildman–Crippen LogP) is 3.19. The van der Waals surface area contributed by atoms with E-state index in [1.807, 2.05) is 41.0 Å². The molecule has 8 heteroatoms. The van der Waals surface area contributed by atoms with Crippen LogP contribution in [-0.2, 0) is 0 Å². The number of nitrogens with one attached hydrogen (secondary N) is 3. The van der Waals surface area contributed by atoms with Crippen molar-refractivity contribution in [1.29, 1.82) is 0 Å². The number of para-hydroxylation sites is 2. The van der Waals surface area contributed by atoms with Crippen LogP contribution in [0.5, 0.6) is 0 Å². The minimum absolute atomic E-state index is 0.338. The molecular formula is C19H14BrN5O2. The van der Waals surface area contributed by atoms with Crippen LogP contribution >= 0.6 is 15.9 Å². The van der Waals surface area contributed by atoms with Crippen molar-refractivity contribution >= 4 is 38.8 Å². The van der Waals surface area contributed by atoms with Gasteiger partial charge in [0.25, 0.3) is 11.8 Å². The van der Waals surface area contributed by atoms with Crippen molar-refractivity contribution in [3.05, 3.63) is 82.9 Å². The highest BCUT2D eigenvalue weighted by Crippen LogP contribution is 2.18. The lowest BCUT2D eigenvalue weighted by Crippen LogP contribution is -2.41. The van der Waals surface area contributed by atoms with Gasteiger partial charge in [0.05, 0.1) is 11.0 Å². The second-order valence-electron chi connectivity index (χ2n) is 5.79. The lowest BCUT2D eigenvalue weighted by molar-refractivity contribution is 0.0844. The van der Waals surface area contributed by atoms with Crippen LogP contribution in [-0.4, -0.2) is 26.3 Å². The first-order chi connectivity index (χ1) is 13.1. The van der Waals surface area contributed by atoms with Crippen LogP contribution in [0.1, 0.15) is 20.8 Å². The molecule has 2 heterocycles. The summed E-state index contributed by atoms with van der Waals surface area (Å²) < 4.78 is 2.70. The van der Waals surface area contributed by atoms with E-state index < -0.39 is 11.8 Å². The summed E-state index contributed by atoms with van der Waals surface area (Å²) in [5.74, 6) is -0.841. The van der Waals surface area contributed by atoms with Crippen molar-refractivity contribution in [3.8, 4) is 5.69 Å². The largest absolute Gasteiger partial charge is 0.356 e. The van der Waals surface area contributed by atoms with Gasteiger partial charge in [-0.05, 0) is 58.4 Å². The Kier molecular flexibility index (Phi) is 4.47. The van der Waals surface area contributed by atoms with E-state index in [1.54, 1.807) is 30.7 Å². The Morgan fingerprint density at radius 2 is 1.74 bits per heavy atom. The van der Waals surface area contributed by atoms with Crippen LogP contribution in [0.25, 0.3) is 16.7 Å². The molecule has 0 radical (unpaired) electrons. The summed E-state index contributed by atoms with van der Waals surface area (Å²) in [6.45, 7) is 0. The number of rotatable bonds is 3. The predicted molar refractivity (Wildman–Crippen MR) is 104 cm³/mol. The summed E-state index contributed by atoms with van der Waals surface area (Å²) in [5, 5.41) is 0. The number of hydrogen-bond donors (Lipinski definition) is 3. The molecule has 0 spiro atoms. The van der Waals surface area contributed by atoms with E-state index in [1.165, 1.54) is 0 Å². The van der Waals surface area contributed by atoms with Crippen molar-refractivity contribution < 1.29 is 9.59 Å². The van der Waals surface area contributed by atoms with Crippen LogP contribution in [0.3, 0.4) is 0 Å². The second kappa shape index (κ2) is 7.08. The number of aromatic amines is 1. The third-order valence-electron chi connectivity index (χ3n) is 4.04. The molecule has 0 bridgehead atoms. The van der Waals surface area contributed by atoms with Gasteiger partial charge in [0, 0.05) is 21.9 Å². The highest BCUT2D eigenvalue weighted by molar-refractivity contribution is 9.10. The van der Waals surface area contributed by atoms with E-state index in [0.29, 0.717) is 11.3 Å². The standard InChI is InChI=1S/C19H14BrN5O2/c20-13-9-16(21-10-13)19(27)24-23-18(26)12-5-7-14(8-6-12)25-11-22-15-3-1-2-4-17(15)25/h1-11,21H,(H,23,26)(H,24,27). The molecule has 2 aromatic heterocycles. The Morgan fingerprint density at radius 3 is 2.48 bits per heavy atom. The molecule has 0 atom stereocenters. The molecule has 4 rings (SSSR count). The SMILES string of the molecule is O=C(NNC(=O)c1cc(Br)c[nH]1)c1ccc(-n2cnc3ccccc32)cc1. The van der Waals surface area contributed by atoms with Crippen molar-refractivity contribution in [2.75, 3.05) is 0 Å². The van der Waals surface area contributed by atoms with Crippen LogP contribution in [0.2, 0.25) is 0 Å². The van der Waals surface area contributed by atoms with Gasteiger partial charge >= 0.3 is 0 Å². The third-order valence-corrected chi connectivity index (χ3v) is 4.50. The average Bonchev–Trinajstić information content (AvgIpc) is 3.32. The monoisotopic (exact) mass is 423 g/mol. The Balaban J connectivity index is 1.45. The minimum Gasteiger partial charge on any atom is -0.356 e. The topological polar surface area (TPSA) is 91.8 Å². The number of carbonyl (C=O) groups is 2. The number of nitrogens with zero attached hydrogens (tertiary/aromatic N) is 2. The lowest BCUT2D eigenvalue weighted by Gasteiger charge is -2.08. The fourth-order valence-electron chi connectivity index (χ4n) is 2.69. The summed E-state index contributed by atoms with van der Waals surface area (Å²) >= 11 is 3.25. The Bertz CT molecular complexity index is 1130. The summed E-state index contributed by atoms with van der Waals surface area (Å²) in [5.41, 5.74) is 8.31. The Hall–Kier alpha value is -3.39. The number of hydrazine groups is 1. The fourth-order valence-corrected chi connectivity index (χ4v) is 3.03. The first-order valence-electron chi connectivity index (χ1n) is 8.09. The maximum atomic E-state index is 12.2. The molecule has 3 N–H and O–H groups in total. The zero-order valence-electron chi connectivity index (χ0n) is 13.9. The highest BCUT2D eigenvalue weighted by Gasteiger charge is 2.11. The minimum atomic E-state index is -0.435. The molecule has 134 valence electrons. The zero-order valence-corrected chi connectivity index (χ0v) is 15.5. The number of hydrogen-bond acceptors (Lipinski definition) is 3. The number of benzene rings is 2. The van der Waals surface area contributed by atoms with E-state index in [-0.39, 0.29) is 0 Å². The molecule has 0 aliphatic rings. The van der Waals surface area contributed by atoms with Crippen molar-refractivity contribution in [3.63, 3.8) is 0 Å². The zero-order chi connectivity index (χ0) is 18.8. The third kappa shape index (κ3) is 3.47. The van der Waals surface area contributed by atoms with Crippen molar-refractivity contribution in [2.24, 2.45) is 0 Å². The van der Waals surface area contributed by atoms with Gasteiger partial charge in [0.15, 0.2) is 0 Å². The van der Waals surface area contributed by atoms with Crippen LogP contribution in [0, 0.1) is 0 Å². The Morgan fingerprint density at radius 1 is 1.00 bits per heavy atom. The molecule has 0 saturated heterocycles. The van der Waals surface area contributed by atoms with Gasteiger partial charge < -0.3 is 4.98 Å². The van der Waals surface area contributed by atoms with E-state index in [2.05, 4.69) is 36.7 Å². The van der Waals surface area contributed by atoms with Gasteiger partial charge in [0.2, 0.25) is 0 Å². The summed E-state index contributed by atoms with van der Waals surface area (Å²) in [7, 11) is 0. The number of fused-ring (bicyclic) bond motifs is 1. The number of H-pyrrole nitrogens is 1. The summed E-state index contributed by atoms with van der Waals surface area (Å²) in [6, 6.07) is 16.5. The molecule has 0 aliphatic heterocycles. The smallest absolute Gasteiger partial charge is 0.286 e.